The van der Waals surface area contributed by atoms with E-state index in [9.17, 15) is 5.11 Å². The zero-order valence-electron chi connectivity index (χ0n) is 10.7. The third kappa shape index (κ3) is 2.71. The fraction of sp³-hybridized carbons (Fsp3) is 1.00. The largest absolute Gasteiger partial charge is 0.394 e. The normalized spacial score (nSPS) is 31.1. The summed E-state index contributed by atoms with van der Waals surface area (Å²) in [7, 11) is 2.12. The van der Waals surface area contributed by atoms with Crippen molar-refractivity contribution in [1.82, 2.24) is 4.90 Å². The second kappa shape index (κ2) is 5.13. The van der Waals surface area contributed by atoms with Gasteiger partial charge in [0.05, 0.1) is 6.61 Å². The van der Waals surface area contributed by atoms with Crippen LogP contribution in [0.4, 0.5) is 0 Å². The van der Waals surface area contributed by atoms with Crippen LogP contribution >= 0.6 is 0 Å². The van der Waals surface area contributed by atoms with Crippen LogP contribution in [0.15, 0.2) is 0 Å². The molecule has 0 aromatic heterocycles. The summed E-state index contributed by atoms with van der Waals surface area (Å²) in [6, 6.07) is 0. The molecule has 0 saturated carbocycles. The van der Waals surface area contributed by atoms with Gasteiger partial charge in [-0.3, -0.25) is 4.90 Å². The predicted octanol–water partition coefficient (Wildman–Crippen LogP) is 2.52. The molecule has 0 bridgehead atoms. The Labute approximate surface area is 89.3 Å². The molecule has 14 heavy (non-hydrogen) atoms. The lowest BCUT2D eigenvalue weighted by Crippen LogP contribution is -2.43. The molecule has 0 aliphatic carbocycles. The molecule has 1 fully saturated rings. The summed E-state index contributed by atoms with van der Waals surface area (Å²) in [5, 5.41) is 9.38. The van der Waals surface area contributed by atoms with Crippen molar-refractivity contribution in [3.63, 3.8) is 0 Å². The first-order chi connectivity index (χ1) is 6.46. The molecule has 86 valence electrons. The van der Waals surface area contributed by atoms with E-state index in [-0.39, 0.29) is 5.54 Å². The standard InChI is InChI=1S/C10H21NO.C2H6/c1-5-10(8-12)6-9(2,3)7-11(10)4;1-2/h12H,5-8H2,1-4H3;1-2H3. The van der Waals surface area contributed by atoms with Gasteiger partial charge in [0.1, 0.15) is 0 Å². The molecule has 0 aromatic rings. The number of nitrogens with zero attached hydrogens (tertiary/aromatic N) is 1. The molecule has 2 nitrogen and oxygen atoms in total. The van der Waals surface area contributed by atoms with E-state index >= 15 is 0 Å². The molecule has 1 aliphatic rings. The Kier molecular flexibility index (Phi) is 5.10. The highest BCUT2D eigenvalue weighted by atomic mass is 16.3. The average molecular weight is 201 g/mol. The highest BCUT2D eigenvalue weighted by molar-refractivity contribution is 5.00. The number of rotatable bonds is 2. The Morgan fingerprint density at radius 3 is 1.93 bits per heavy atom. The molecule has 0 spiro atoms. The van der Waals surface area contributed by atoms with E-state index in [2.05, 4.69) is 32.7 Å². The lowest BCUT2D eigenvalue weighted by atomic mass is 9.83. The van der Waals surface area contributed by atoms with Crippen molar-refractivity contribution in [2.75, 3.05) is 20.2 Å². The molecule has 0 amide bonds. The maximum Gasteiger partial charge on any atom is 0.0615 e. The van der Waals surface area contributed by atoms with Gasteiger partial charge in [0.15, 0.2) is 0 Å². The van der Waals surface area contributed by atoms with Crippen molar-refractivity contribution in [3.05, 3.63) is 0 Å². The topological polar surface area (TPSA) is 23.5 Å². The first kappa shape index (κ1) is 13.9. The van der Waals surface area contributed by atoms with Crippen LogP contribution in [-0.2, 0) is 0 Å². The van der Waals surface area contributed by atoms with Gasteiger partial charge in [-0.2, -0.15) is 0 Å². The predicted molar refractivity (Wildman–Crippen MR) is 62.5 cm³/mol. The molecule has 1 unspecified atom stereocenters. The van der Waals surface area contributed by atoms with Crippen molar-refractivity contribution >= 4 is 0 Å². The molecule has 1 saturated heterocycles. The minimum Gasteiger partial charge on any atom is -0.394 e. The molecule has 2 heteroatoms. The van der Waals surface area contributed by atoms with Gasteiger partial charge in [-0.15, -0.1) is 0 Å². The summed E-state index contributed by atoms with van der Waals surface area (Å²) >= 11 is 0. The number of likely N-dealkylation sites (tertiary alicyclic amines) is 1. The molecule has 0 aromatic carbocycles. The Morgan fingerprint density at radius 1 is 1.29 bits per heavy atom. The Bertz CT molecular complexity index is 162. The smallest absolute Gasteiger partial charge is 0.0615 e. The molecule has 1 heterocycles. The van der Waals surface area contributed by atoms with Gasteiger partial charge in [-0.25, -0.2) is 0 Å². The van der Waals surface area contributed by atoms with E-state index in [1.165, 1.54) is 0 Å². The molecule has 1 aliphatic heterocycles. The van der Waals surface area contributed by atoms with Crippen molar-refractivity contribution in [1.29, 1.82) is 0 Å². The van der Waals surface area contributed by atoms with Crippen LogP contribution in [0.5, 0.6) is 0 Å². The molecule has 0 radical (unpaired) electrons. The number of aliphatic hydroxyl groups excluding tert-OH is 1. The lowest BCUT2D eigenvalue weighted by Gasteiger charge is -2.33. The van der Waals surface area contributed by atoms with E-state index in [1.54, 1.807) is 0 Å². The lowest BCUT2D eigenvalue weighted by molar-refractivity contribution is 0.0800. The van der Waals surface area contributed by atoms with Crippen LogP contribution in [0.25, 0.3) is 0 Å². The minimum atomic E-state index is 0.0590. The number of likely N-dealkylation sites (N-methyl/N-ethyl adjacent to an activating group) is 1. The van der Waals surface area contributed by atoms with E-state index in [0.29, 0.717) is 12.0 Å². The Balaban J connectivity index is 0.000000791. The van der Waals surface area contributed by atoms with Gasteiger partial charge >= 0.3 is 0 Å². The van der Waals surface area contributed by atoms with E-state index < -0.39 is 0 Å². The molecule has 1 rings (SSSR count). The fourth-order valence-electron chi connectivity index (χ4n) is 2.57. The summed E-state index contributed by atoms with van der Waals surface area (Å²) < 4.78 is 0. The summed E-state index contributed by atoms with van der Waals surface area (Å²) in [5.41, 5.74) is 0.428. The maximum atomic E-state index is 9.38. The summed E-state index contributed by atoms with van der Waals surface area (Å²) in [6.07, 6.45) is 2.16. The van der Waals surface area contributed by atoms with Gasteiger partial charge in [-0.1, -0.05) is 34.6 Å². The quantitative estimate of drug-likeness (QED) is 0.742. The SMILES string of the molecule is CC.CCC1(CO)CC(C)(C)CN1C. The van der Waals surface area contributed by atoms with Gasteiger partial charge in [0, 0.05) is 12.1 Å². The van der Waals surface area contributed by atoms with Crippen molar-refractivity contribution in [3.8, 4) is 0 Å². The van der Waals surface area contributed by atoms with Crippen LogP contribution in [0, 0.1) is 5.41 Å². The molecular formula is C12H27NO. The van der Waals surface area contributed by atoms with Gasteiger partial charge in [-0.05, 0) is 25.3 Å². The number of aliphatic hydroxyl groups is 1. The summed E-state index contributed by atoms with van der Waals surface area (Å²) in [4.78, 5) is 2.31. The van der Waals surface area contributed by atoms with Crippen molar-refractivity contribution in [2.45, 2.75) is 53.0 Å². The first-order valence-electron chi connectivity index (χ1n) is 5.78. The summed E-state index contributed by atoms with van der Waals surface area (Å²) in [6.45, 7) is 12.1. The van der Waals surface area contributed by atoms with Crippen LogP contribution in [0.3, 0.4) is 0 Å². The van der Waals surface area contributed by atoms with Crippen LogP contribution < -0.4 is 0 Å². The first-order valence-corrected chi connectivity index (χ1v) is 5.78. The van der Waals surface area contributed by atoms with Crippen LogP contribution in [0.2, 0.25) is 0 Å². The molecule has 1 atom stereocenters. The van der Waals surface area contributed by atoms with E-state index in [1.807, 2.05) is 13.8 Å². The van der Waals surface area contributed by atoms with Crippen LogP contribution in [-0.4, -0.2) is 35.7 Å². The zero-order chi connectivity index (χ0) is 11.4. The van der Waals surface area contributed by atoms with E-state index in [4.69, 9.17) is 0 Å². The van der Waals surface area contributed by atoms with E-state index in [0.717, 1.165) is 19.4 Å². The molecular weight excluding hydrogens is 174 g/mol. The third-order valence-corrected chi connectivity index (χ3v) is 3.23. The van der Waals surface area contributed by atoms with Gasteiger partial charge < -0.3 is 5.11 Å². The van der Waals surface area contributed by atoms with Crippen molar-refractivity contribution < 1.29 is 5.11 Å². The average Bonchev–Trinajstić information content (AvgIpc) is 2.40. The minimum absolute atomic E-state index is 0.0590. The monoisotopic (exact) mass is 201 g/mol. The Hall–Kier alpha value is -0.0800. The highest BCUT2D eigenvalue weighted by Crippen LogP contribution is 2.41. The summed E-state index contributed by atoms with van der Waals surface area (Å²) in [5.74, 6) is 0. The van der Waals surface area contributed by atoms with Crippen molar-refractivity contribution in [2.24, 2.45) is 5.41 Å². The highest BCUT2D eigenvalue weighted by Gasteiger charge is 2.45. The molecule has 1 N–H and O–H groups in total. The number of hydrogen-bond acceptors (Lipinski definition) is 2. The second-order valence-electron chi connectivity index (χ2n) is 4.93. The maximum absolute atomic E-state index is 9.38. The van der Waals surface area contributed by atoms with Crippen LogP contribution in [0.1, 0.15) is 47.5 Å². The van der Waals surface area contributed by atoms with Gasteiger partial charge in [0.25, 0.3) is 0 Å². The number of hydrogen-bond donors (Lipinski definition) is 1. The Morgan fingerprint density at radius 2 is 1.79 bits per heavy atom. The second-order valence-corrected chi connectivity index (χ2v) is 4.93. The third-order valence-electron chi connectivity index (χ3n) is 3.23. The fourth-order valence-corrected chi connectivity index (χ4v) is 2.57. The zero-order valence-corrected chi connectivity index (χ0v) is 10.7. The van der Waals surface area contributed by atoms with Gasteiger partial charge in [0.2, 0.25) is 0 Å².